The quantitative estimate of drug-likeness (QED) is 0.417. The van der Waals surface area contributed by atoms with Gasteiger partial charge in [-0.2, -0.15) is 0 Å². The number of rotatable bonds is 7. The Morgan fingerprint density at radius 1 is 1.00 bits per heavy atom. The van der Waals surface area contributed by atoms with Crippen LogP contribution in [0.15, 0.2) is 85.3 Å². The van der Waals surface area contributed by atoms with Crippen molar-refractivity contribution in [1.29, 1.82) is 0 Å². The molecule has 1 amide bonds. The minimum Gasteiger partial charge on any atom is -0.489 e. The molecule has 4 aromatic rings. The molecule has 0 atom stereocenters. The fourth-order valence-corrected chi connectivity index (χ4v) is 3.01. The molecule has 32 heavy (non-hydrogen) atoms. The summed E-state index contributed by atoms with van der Waals surface area (Å²) in [5.41, 5.74) is 2.47. The van der Waals surface area contributed by atoms with Gasteiger partial charge in [-0.05, 0) is 72.6 Å². The van der Waals surface area contributed by atoms with Crippen LogP contribution >= 0.6 is 0 Å². The van der Waals surface area contributed by atoms with Gasteiger partial charge in [0.15, 0.2) is 0 Å². The Morgan fingerprint density at radius 2 is 1.88 bits per heavy atom. The minimum atomic E-state index is -0.353. The highest BCUT2D eigenvalue weighted by Gasteiger charge is 2.16. The highest BCUT2D eigenvalue weighted by Crippen LogP contribution is 2.26. The zero-order valence-electron chi connectivity index (χ0n) is 17.3. The van der Waals surface area contributed by atoms with E-state index < -0.39 is 0 Å². The number of nitrogens with zero attached hydrogens (tertiary/aromatic N) is 2. The first-order chi connectivity index (χ1) is 15.6. The Balaban J connectivity index is 1.45. The average Bonchev–Trinajstić information content (AvgIpc) is 2.80. The van der Waals surface area contributed by atoms with E-state index in [2.05, 4.69) is 15.3 Å². The molecule has 0 spiro atoms. The Kier molecular flexibility index (Phi) is 6.36. The lowest BCUT2D eigenvalue weighted by Crippen LogP contribution is -2.14. The maximum atomic E-state index is 13.3. The van der Waals surface area contributed by atoms with Crippen LogP contribution in [0.5, 0.6) is 17.4 Å². The van der Waals surface area contributed by atoms with Gasteiger partial charge in [0.1, 0.15) is 29.5 Å². The lowest BCUT2D eigenvalue weighted by atomic mass is 10.1. The normalized spacial score (nSPS) is 10.4. The van der Waals surface area contributed by atoms with Crippen LogP contribution in [0.1, 0.15) is 21.5 Å². The van der Waals surface area contributed by atoms with E-state index in [9.17, 15) is 9.18 Å². The van der Waals surface area contributed by atoms with E-state index in [4.69, 9.17) is 9.47 Å². The molecule has 0 aliphatic heterocycles. The monoisotopic (exact) mass is 429 g/mol. The molecule has 2 aromatic carbocycles. The van der Waals surface area contributed by atoms with Crippen LogP contribution in [-0.4, -0.2) is 15.9 Å². The van der Waals surface area contributed by atoms with Crippen LogP contribution in [0.4, 0.5) is 10.1 Å². The molecule has 0 saturated carbocycles. The summed E-state index contributed by atoms with van der Waals surface area (Å²) in [4.78, 5) is 21.1. The summed E-state index contributed by atoms with van der Waals surface area (Å²) in [5, 5.41) is 2.88. The molecule has 0 aliphatic rings. The van der Waals surface area contributed by atoms with Gasteiger partial charge in [-0.1, -0.05) is 12.1 Å². The van der Waals surface area contributed by atoms with Crippen LogP contribution in [-0.2, 0) is 6.61 Å². The minimum absolute atomic E-state index is 0.186. The van der Waals surface area contributed by atoms with E-state index in [-0.39, 0.29) is 24.2 Å². The summed E-state index contributed by atoms with van der Waals surface area (Å²) in [6, 6.07) is 18.3. The predicted molar refractivity (Wildman–Crippen MR) is 118 cm³/mol. The van der Waals surface area contributed by atoms with Crippen molar-refractivity contribution in [3.05, 3.63) is 108 Å². The highest BCUT2D eigenvalue weighted by atomic mass is 19.1. The molecule has 2 aromatic heterocycles. The molecule has 1 N–H and O–H groups in total. The van der Waals surface area contributed by atoms with Crippen LogP contribution in [0.25, 0.3) is 0 Å². The molecule has 0 saturated heterocycles. The number of aromatic nitrogens is 2. The third kappa shape index (κ3) is 5.26. The van der Waals surface area contributed by atoms with E-state index >= 15 is 0 Å². The number of carbonyl (C=O) groups is 1. The lowest BCUT2D eigenvalue weighted by molar-refractivity contribution is 0.102. The summed E-state index contributed by atoms with van der Waals surface area (Å²) in [6.45, 7) is 2.11. The number of carbonyl (C=O) groups excluding carboxylic acids is 1. The van der Waals surface area contributed by atoms with Crippen molar-refractivity contribution in [3.63, 3.8) is 0 Å². The number of anilines is 1. The second-order valence-electron chi connectivity index (χ2n) is 7.00. The molecule has 0 radical (unpaired) electrons. The van der Waals surface area contributed by atoms with Crippen molar-refractivity contribution < 1.29 is 18.7 Å². The molecule has 7 heteroatoms. The first kappa shape index (κ1) is 21.0. The van der Waals surface area contributed by atoms with E-state index in [0.717, 1.165) is 11.1 Å². The maximum absolute atomic E-state index is 13.3. The summed E-state index contributed by atoms with van der Waals surface area (Å²) in [5.74, 6) is 0.629. The molecule has 2 heterocycles. The molecule has 0 fully saturated rings. The van der Waals surface area contributed by atoms with Crippen molar-refractivity contribution in [2.24, 2.45) is 0 Å². The third-order valence-corrected chi connectivity index (χ3v) is 4.61. The Labute approximate surface area is 184 Å². The van der Waals surface area contributed by atoms with Gasteiger partial charge in [0.25, 0.3) is 5.91 Å². The number of ether oxygens (including phenoxy) is 2. The van der Waals surface area contributed by atoms with Gasteiger partial charge < -0.3 is 14.8 Å². The van der Waals surface area contributed by atoms with E-state index in [1.54, 1.807) is 67.1 Å². The van der Waals surface area contributed by atoms with Crippen LogP contribution in [0.2, 0.25) is 0 Å². The van der Waals surface area contributed by atoms with Crippen LogP contribution in [0.3, 0.4) is 0 Å². The SMILES string of the molecule is Cc1cc(OCc2cccc(F)c2)ccc1NC(=O)c1cccnc1Oc1cccnc1. The largest absolute Gasteiger partial charge is 0.489 e. The molecule has 6 nitrogen and oxygen atoms in total. The number of hydrogen-bond donors (Lipinski definition) is 1. The van der Waals surface area contributed by atoms with Gasteiger partial charge in [0.05, 0.1) is 6.20 Å². The zero-order valence-corrected chi connectivity index (χ0v) is 17.3. The van der Waals surface area contributed by atoms with E-state index in [1.165, 1.54) is 12.1 Å². The van der Waals surface area contributed by atoms with Gasteiger partial charge >= 0.3 is 0 Å². The number of pyridine rings is 2. The zero-order chi connectivity index (χ0) is 22.3. The molecular weight excluding hydrogens is 409 g/mol. The Hall–Kier alpha value is -4.26. The Bertz CT molecular complexity index is 1230. The molecule has 4 rings (SSSR count). The number of aryl methyl sites for hydroxylation is 1. The van der Waals surface area contributed by atoms with Crippen molar-refractivity contribution >= 4 is 11.6 Å². The maximum Gasteiger partial charge on any atom is 0.261 e. The van der Waals surface area contributed by atoms with Gasteiger partial charge in [-0.15, -0.1) is 0 Å². The lowest BCUT2D eigenvalue weighted by Gasteiger charge is -2.13. The average molecular weight is 429 g/mol. The fraction of sp³-hybridized carbons (Fsp3) is 0.0800. The number of halogens is 1. The molecular formula is C25H20FN3O3. The highest BCUT2D eigenvalue weighted by molar-refractivity contribution is 6.06. The standard InChI is InChI=1S/C25H20FN3O3/c1-17-13-20(31-16-18-5-2-6-19(26)14-18)9-10-23(17)29-24(30)22-8-4-12-28-25(22)32-21-7-3-11-27-15-21/h2-15H,16H2,1H3,(H,29,30). The van der Waals surface area contributed by atoms with Crippen molar-refractivity contribution in [2.75, 3.05) is 5.32 Å². The van der Waals surface area contributed by atoms with Crippen molar-refractivity contribution in [2.45, 2.75) is 13.5 Å². The topological polar surface area (TPSA) is 73.3 Å². The first-order valence-electron chi connectivity index (χ1n) is 9.90. The second-order valence-corrected chi connectivity index (χ2v) is 7.00. The van der Waals surface area contributed by atoms with E-state index in [0.29, 0.717) is 22.7 Å². The van der Waals surface area contributed by atoms with Gasteiger partial charge in [-0.3, -0.25) is 9.78 Å². The molecule has 0 aliphatic carbocycles. The summed E-state index contributed by atoms with van der Waals surface area (Å²) in [6.07, 6.45) is 4.73. The molecule has 0 unspecified atom stereocenters. The molecule has 0 bridgehead atoms. The first-order valence-corrected chi connectivity index (χ1v) is 9.90. The number of benzene rings is 2. The van der Waals surface area contributed by atoms with Crippen LogP contribution < -0.4 is 14.8 Å². The summed E-state index contributed by atoms with van der Waals surface area (Å²) >= 11 is 0. The van der Waals surface area contributed by atoms with E-state index in [1.807, 2.05) is 13.0 Å². The molecule has 160 valence electrons. The smallest absolute Gasteiger partial charge is 0.261 e. The van der Waals surface area contributed by atoms with Crippen LogP contribution in [0, 0.1) is 12.7 Å². The number of nitrogens with one attached hydrogen (secondary N) is 1. The van der Waals surface area contributed by atoms with Crippen molar-refractivity contribution in [1.82, 2.24) is 9.97 Å². The summed E-state index contributed by atoms with van der Waals surface area (Å²) < 4.78 is 24.8. The van der Waals surface area contributed by atoms with Gasteiger partial charge in [0, 0.05) is 18.1 Å². The van der Waals surface area contributed by atoms with Gasteiger partial charge in [-0.25, -0.2) is 9.37 Å². The third-order valence-electron chi connectivity index (χ3n) is 4.61. The summed E-state index contributed by atoms with van der Waals surface area (Å²) in [7, 11) is 0. The Morgan fingerprint density at radius 3 is 2.66 bits per heavy atom. The fourth-order valence-electron chi connectivity index (χ4n) is 3.01. The predicted octanol–water partition coefficient (Wildman–Crippen LogP) is 5.55. The number of hydrogen-bond acceptors (Lipinski definition) is 5. The van der Waals surface area contributed by atoms with Gasteiger partial charge in [0.2, 0.25) is 5.88 Å². The number of amides is 1. The van der Waals surface area contributed by atoms with Crippen molar-refractivity contribution in [3.8, 4) is 17.4 Å². The second kappa shape index (κ2) is 9.70.